The maximum atomic E-state index is 13.3. The standard InChI is InChI=1S/C25H23N3O2/c1-25(2)13-17-20(18(29)14-25)19(15-9-5-3-6-10-15)21-23(26-17)27-22(28-24(21)30)16-11-7-4-8-12-16/h3-12,19H,13-14H2,1-2H3,(H2,26,27,28,30)/t19-/m0/s1. The Morgan fingerprint density at radius 2 is 1.60 bits per heavy atom. The molecule has 0 bridgehead atoms. The van der Waals surface area contributed by atoms with Crippen LogP contribution in [0.5, 0.6) is 0 Å². The molecule has 1 aromatic heterocycles. The smallest absolute Gasteiger partial charge is 0.257 e. The maximum Gasteiger partial charge on any atom is 0.257 e. The van der Waals surface area contributed by atoms with Crippen LogP contribution in [0, 0.1) is 5.41 Å². The first kappa shape index (κ1) is 18.6. The summed E-state index contributed by atoms with van der Waals surface area (Å²) in [6, 6.07) is 19.4. The Morgan fingerprint density at radius 3 is 2.30 bits per heavy atom. The van der Waals surface area contributed by atoms with Gasteiger partial charge in [0.25, 0.3) is 5.56 Å². The minimum absolute atomic E-state index is 0.0970. The number of nitrogens with one attached hydrogen (secondary N) is 2. The van der Waals surface area contributed by atoms with Gasteiger partial charge in [0.1, 0.15) is 11.6 Å². The number of rotatable bonds is 2. The van der Waals surface area contributed by atoms with E-state index in [1.165, 1.54) is 0 Å². The number of fused-ring (bicyclic) bond motifs is 1. The molecule has 0 saturated carbocycles. The molecule has 0 unspecified atom stereocenters. The van der Waals surface area contributed by atoms with E-state index in [1.54, 1.807) is 0 Å². The lowest BCUT2D eigenvalue weighted by Crippen LogP contribution is -2.37. The Balaban J connectivity index is 1.74. The van der Waals surface area contributed by atoms with E-state index >= 15 is 0 Å². The molecule has 5 heteroatoms. The number of H-pyrrole nitrogens is 1. The number of nitrogens with zero attached hydrogens (tertiary/aromatic N) is 1. The van der Waals surface area contributed by atoms with Gasteiger partial charge >= 0.3 is 0 Å². The molecule has 0 spiro atoms. The van der Waals surface area contributed by atoms with Crippen molar-refractivity contribution in [1.29, 1.82) is 0 Å². The predicted molar refractivity (Wildman–Crippen MR) is 117 cm³/mol. The number of Topliss-reactive ketones (excluding diaryl/α,β-unsaturated/α-hetero) is 1. The number of anilines is 1. The average molecular weight is 397 g/mol. The molecule has 0 amide bonds. The third kappa shape index (κ3) is 3.07. The van der Waals surface area contributed by atoms with Gasteiger partial charge in [0.2, 0.25) is 0 Å². The number of carbonyl (C=O) groups excluding carboxylic acids is 1. The Labute approximate surface area is 174 Å². The largest absolute Gasteiger partial charge is 0.343 e. The first-order valence-corrected chi connectivity index (χ1v) is 10.2. The molecule has 3 aromatic rings. The molecule has 150 valence electrons. The molecule has 0 saturated heterocycles. The topological polar surface area (TPSA) is 74.8 Å². The Hall–Kier alpha value is -3.47. The van der Waals surface area contributed by atoms with Crippen LogP contribution >= 0.6 is 0 Å². The highest BCUT2D eigenvalue weighted by Gasteiger charge is 2.42. The van der Waals surface area contributed by atoms with Gasteiger partial charge in [-0.1, -0.05) is 74.5 Å². The zero-order chi connectivity index (χ0) is 20.9. The Kier molecular flexibility index (Phi) is 4.21. The fourth-order valence-electron chi connectivity index (χ4n) is 4.63. The van der Waals surface area contributed by atoms with Gasteiger partial charge in [-0.05, 0) is 17.4 Å². The van der Waals surface area contributed by atoms with Crippen LogP contribution in [-0.2, 0) is 4.79 Å². The van der Waals surface area contributed by atoms with Crippen molar-refractivity contribution < 1.29 is 4.79 Å². The van der Waals surface area contributed by atoms with E-state index in [4.69, 9.17) is 4.98 Å². The second-order valence-electron chi connectivity index (χ2n) is 8.84. The minimum atomic E-state index is -0.415. The normalized spacial score (nSPS) is 19.7. The highest BCUT2D eigenvalue weighted by atomic mass is 16.1. The number of allylic oxidation sites excluding steroid dienone is 2. The SMILES string of the molecule is CC1(C)CC(=O)C2=C(C1)Nc1nc(-c3ccccc3)[nH]c(=O)c1[C@H]2c1ccccc1. The van der Waals surface area contributed by atoms with Crippen molar-refractivity contribution >= 4 is 11.6 Å². The van der Waals surface area contributed by atoms with E-state index in [0.717, 1.165) is 23.2 Å². The number of aromatic amines is 1. The summed E-state index contributed by atoms with van der Waals surface area (Å²) in [5.74, 6) is 0.738. The molecule has 1 atom stereocenters. The summed E-state index contributed by atoms with van der Waals surface area (Å²) in [6.07, 6.45) is 1.21. The van der Waals surface area contributed by atoms with Gasteiger partial charge in [-0.2, -0.15) is 0 Å². The summed E-state index contributed by atoms with van der Waals surface area (Å²) in [5, 5.41) is 3.36. The molecule has 0 radical (unpaired) electrons. The molecule has 5 rings (SSSR count). The molecular formula is C25H23N3O2. The van der Waals surface area contributed by atoms with Crippen LogP contribution in [0.15, 0.2) is 76.7 Å². The summed E-state index contributed by atoms with van der Waals surface area (Å²) in [7, 11) is 0. The lowest BCUT2D eigenvalue weighted by Gasteiger charge is -2.38. The van der Waals surface area contributed by atoms with Gasteiger partial charge in [0, 0.05) is 29.2 Å². The number of hydrogen-bond donors (Lipinski definition) is 2. The van der Waals surface area contributed by atoms with Gasteiger partial charge in [0.05, 0.1) is 5.56 Å². The van der Waals surface area contributed by atoms with E-state index < -0.39 is 5.92 Å². The second-order valence-corrected chi connectivity index (χ2v) is 8.84. The van der Waals surface area contributed by atoms with Crippen molar-refractivity contribution in [3.05, 3.63) is 93.4 Å². The van der Waals surface area contributed by atoms with Crippen molar-refractivity contribution in [3.63, 3.8) is 0 Å². The molecule has 1 aliphatic heterocycles. The molecule has 2 aromatic carbocycles. The zero-order valence-electron chi connectivity index (χ0n) is 17.0. The lowest BCUT2D eigenvalue weighted by molar-refractivity contribution is -0.118. The van der Waals surface area contributed by atoms with E-state index in [-0.39, 0.29) is 16.8 Å². The van der Waals surface area contributed by atoms with Crippen LogP contribution in [0.1, 0.15) is 43.7 Å². The lowest BCUT2D eigenvalue weighted by atomic mass is 9.69. The van der Waals surface area contributed by atoms with Crippen molar-refractivity contribution in [2.24, 2.45) is 5.41 Å². The summed E-state index contributed by atoms with van der Waals surface area (Å²) < 4.78 is 0. The van der Waals surface area contributed by atoms with Crippen molar-refractivity contribution in [2.75, 3.05) is 5.32 Å². The zero-order valence-corrected chi connectivity index (χ0v) is 17.0. The van der Waals surface area contributed by atoms with Crippen LogP contribution in [0.25, 0.3) is 11.4 Å². The Bertz CT molecular complexity index is 1220. The Morgan fingerprint density at radius 1 is 0.933 bits per heavy atom. The van der Waals surface area contributed by atoms with Gasteiger partial charge < -0.3 is 10.3 Å². The third-order valence-electron chi connectivity index (χ3n) is 5.90. The summed E-state index contributed by atoms with van der Waals surface area (Å²) in [4.78, 5) is 34.2. The molecular weight excluding hydrogens is 374 g/mol. The quantitative estimate of drug-likeness (QED) is 0.661. The van der Waals surface area contributed by atoms with E-state index in [0.29, 0.717) is 29.2 Å². The summed E-state index contributed by atoms with van der Waals surface area (Å²) in [5.41, 5.74) is 3.51. The van der Waals surface area contributed by atoms with Crippen LogP contribution in [-0.4, -0.2) is 15.8 Å². The number of hydrogen-bond acceptors (Lipinski definition) is 4. The monoisotopic (exact) mass is 397 g/mol. The molecule has 2 aliphatic rings. The summed E-state index contributed by atoms with van der Waals surface area (Å²) >= 11 is 0. The highest BCUT2D eigenvalue weighted by Crippen LogP contribution is 2.47. The van der Waals surface area contributed by atoms with Gasteiger partial charge in [-0.15, -0.1) is 0 Å². The molecule has 2 heterocycles. The number of aromatic nitrogens is 2. The van der Waals surface area contributed by atoms with Crippen molar-refractivity contribution in [2.45, 2.75) is 32.6 Å². The van der Waals surface area contributed by atoms with Crippen molar-refractivity contribution in [1.82, 2.24) is 9.97 Å². The van der Waals surface area contributed by atoms with Gasteiger partial charge in [-0.3, -0.25) is 9.59 Å². The van der Waals surface area contributed by atoms with E-state index in [2.05, 4.69) is 24.1 Å². The van der Waals surface area contributed by atoms with E-state index in [1.807, 2.05) is 60.7 Å². The maximum absolute atomic E-state index is 13.3. The van der Waals surface area contributed by atoms with Crippen molar-refractivity contribution in [3.8, 4) is 11.4 Å². The second kappa shape index (κ2) is 6.80. The fraction of sp³-hybridized carbons (Fsp3) is 0.240. The average Bonchev–Trinajstić information content (AvgIpc) is 2.72. The predicted octanol–water partition coefficient (Wildman–Crippen LogP) is 4.64. The first-order chi connectivity index (χ1) is 14.4. The number of carbonyl (C=O) groups is 1. The third-order valence-corrected chi connectivity index (χ3v) is 5.90. The molecule has 1 aliphatic carbocycles. The van der Waals surface area contributed by atoms with Crippen LogP contribution in [0.2, 0.25) is 0 Å². The van der Waals surface area contributed by atoms with Gasteiger partial charge in [-0.25, -0.2) is 4.98 Å². The van der Waals surface area contributed by atoms with Crippen LogP contribution < -0.4 is 10.9 Å². The van der Waals surface area contributed by atoms with E-state index in [9.17, 15) is 9.59 Å². The van der Waals surface area contributed by atoms with Gasteiger partial charge in [0.15, 0.2) is 5.78 Å². The molecule has 5 nitrogen and oxygen atoms in total. The fourth-order valence-corrected chi connectivity index (χ4v) is 4.63. The number of ketones is 1. The molecule has 0 fully saturated rings. The number of benzene rings is 2. The van der Waals surface area contributed by atoms with Crippen LogP contribution in [0.3, 0.4) is 0 Å². The summed E-state index contributed by atoms with van der Waals surface area (Å²) in [6.45, 7) is 4.20. The minimum Gasteiger partial charge on any atom is -0.343 e. The molecule has 2 N–H and O–H groups in total. The van der Waals surface area contributed by atoms with Crippen LogP contribution in [0.4, 0.5) is 5.82 Å². The highest BCUT2D eigenvalue weighted by molar-refractivity contribution is 6.01. The first-order valence-electron chi connectivity index (χ1n) is 10.2. The molecule has 30 heavy (non-hydrogen) atoms.